The van der Waals surface area contributed by atoms with E-state index in [1.54, 1.807) is 24.3 Å². The average molecular weight is 430 g/mol. The van der Waals surface area contributed by atoms with Crippen molar-refractivity contribution in [3.63, 3.8) is 0 Å². The topological polar surface area (TPSA) is 55.4 Å². The molecule has 0 aliphatic heterocycles. The number of carbonyl (C=O) groups is 2. The molecule has 1 saturated carbocycles. The van der Waals surface area contributed by atoms with E-state index in [9.17, 15) is 9.59 Å². The molecule has 1 aliphatic carbocycles. The minimum absolute atomic E-state index is 0.0357. The van der Waals surface area contributed by atoms with E-state index in [1.807, 2.05) is 12.1 Å². The highest BCUT2D eigenvalue weighted by Gasteiger charge is 2.39. The summed E-state index contributed by atoms with van der Waals surface area (Å²) in [5.74, 6) is 0.809. The molecule has 0 aromatic heterocycles. The number of carbonyl (C=O) groups excluding carboxylic acids is 2. The van der Waals surface area contributed by atoms with Crippen molar-refractivity contribution < 1.29 is 14.3 Å². The molecule has 2 aromatic rings. The molecule has 1 aliphatic rings. The first-order valence-corrected chi connectivity index (χ1v) is 10.1. The number of hydrogen-bond donors (Lipinski definition) is 1. The van der Waals surface area contributed by atoms with Crippen molar-refractivity contribution in [2.75, 3.05) is 6.61 Å². The number of nitrogens with one attached hydrogen (secondary N) is 1. The lowest BCUT2D eigenvalue weighted by Gasteiger charge is -2.43. The van der Waals surface area contributed by atoms with Gasteiger partial charge >= 0.3 is 0 Å². The van der Waals surface area contributed by atoms with Gasteiger partial charge in [-0.15, -0.1) is 0 Å². The third kappa shape index (κ3) is 4.98. The van der Waals surface area contributed by atoms with Crippen LogP contribution in [0.3, 0.4) is 0 Å². The Morgan fingerprint density at radius 2 is 1.89 bits per heavy atom. The van der Waals surface area contributed by atoms with Crippen LogP contribution >= 0.6 is 15.9 Å². The van der Waals surface area contributed by atoms with Crippen LogP contribution < -0.4 is 10.1 Å². The number of rotatable bonds is 8. The third-order valence-corrected chi connectivity index (χ3v) is 5.53. The summed E-state index contributed by atoms with van der Waals surface area (Å²) in [5.41, 5.74) is 1.61. The third-order valence-electron chi connectivity index (χ3n) is 5.04. The van der Waals surface area contributed by atoms with Crippen molar-refractivity contribution in [2.45, 2.75) is 44.6 Å². The summed E-state index contributed by atoms with van der Waals surface area (Å²) >= 11 is 3.51. The maximum absolute atomic E-state index is 12.4. The monoisotopic (exact) mass is 429 g/mol. The maximum atomic E-state index is 12.4. The summed E-state index contributed by atoms with van der Waals surface area (Å²) in [6.45, 7) is 2.01. The molecule has 1 fully saturated rings. The minimum Gasteiger partial charge on any atom is -0.494 e. The van der Waals surface area contributed by atoms with Crippen molar-refractivity contribution in [1.82, 2.24) is 5.32 Å². The van der Waals surface area contributed by atoms with Gasteiger partial charge in [0.1, 0.15) is 5.75 Å². The lowest BCUT2D eigenvalue weighted by Crippen LogP contribution is -2.50. The van der Waals surface area contributed by atoms with Crippen molar-refractivity contribution in [2.24, 2.45) is 0 Å². The van der Waals surface area contributed by atoms with Crippen LogP contribution in [0.1, 0.15) is 54.9 Å². The van der Waals surface area contributed by atoms with E-state index in [2.05, 4.69) is 33.4 Å². The number of benzene rings is 2. The zero-order valence-corrected chi connectivity index (χ0v) is 17.1. The lowest BCUT2D eigenvalue weighted by molar-refractivity contribution is -0.124. The highest BCUT2D eigenvalue weighted by Crippen LogP contribution is 2.42. The molecule has 0 bridgehead atoms. The average Bonchev–Trinajstić information content (AvgIpc) is 2.62. The first kappa shape index (κ1) is 19.6. The van der Waals surface area contributed by atoms with E-state index in [4.69, 9.17) is 4.74 Å². The van der Waals surface area contributed by atoms with Gasteiger partial charge in [0.25, 0.3) is 0 Å². The van der Waals surface area contributed by atoms with Gasteiger partial charge in [-0.25, -0.2) is 0 Å². The number of hydrogen-bond acceptors (Lipinski definition) is 3. The molecule has 2 aromatic carbocycles. The van der Waals surface area contributed by atoms with E-state index in [0.29, 0.717) is 30.8 Å². The summed E-state index contributed by atoms with van der Waals surface area (Å²) < 4.78 is 6.70. The van der Waals surface area contributed by atoms with E-state index in [-0.39, 0.29) is 17.2 Å². The van der Waals surface area contributed by atoms with E-state index < -0.39 is 0 Å². The highest BCUT2D eigenvalue weighted by molar-refractivity contribution is 9.10. The Bertz CT molecular complexity index is 813. The Balaban J connectivity index is 1.46. The Hall–Kier alpha value is -2.14. The molecule has 0 radical (unpaired) electrons. The van der Waals surface area contributed by atoms with Crippen LogP contribution in [0.2, 0.25) is 0 Å². The second-order valence-corrected chi connectivity index (χ2v) is 7.94. The molecule has 0 heterocycles. The van der Waals surface area contributed by atoms with Gasteiger partial charge in [-0.3, -0.25) is 9.59 Å². The SMILES string of the molecule is CC(=O)c1ccc(OCCCC(=O)NC2(c3cccc(Br)c3)CCC2)cc1. The zero-order valence-electron chi connectivity index (χ0n) is 15.5. The number of amides is 1. The van der Waals surface area contributed by atoms with Gasteiger partial charge in [0.15, 0.2) is 5.78 Å². The van der Waals surface area contributed by atoms with Crippen LogP contribution in [0.5, 0.6) is 5.75 Å². The molecular weight excluding hydrogens is 406 g/mol. The van der Waals surface area contributed by atoms with E-state index in [1.165, 1.54) is 12.5 Å². The van der Waals surface area contributed by atoms with Crippen LogP contribution in [0.25, 0.3) is 0 Å². The Labute approximate surface area is 168 Å². The fraction of sp³-hybridized carbons (Fsp3) is 0.364. The first-order valence-electron chi connectivity index (χ1n) is 9.29. The standard InChI is InChI=1S/C22H24BrNO3/c1-16(25)17-8-10-20(11-9-17)27-14-3-7-21(26)24-22(12-4-13-22)18-5-2-6-19(23)15-18/h2,5-6,8-11,15H,3-4,7,12-14H2,1H3,(H,24,26). The molecule has 1 amide bonds. The van der Waals surface area contributed by atoms with Gasteiger partial charge in [0, 0.05) is 16.5 Å². The Morgan fingerprint density at radius 1 is 1.15 bits per heavy atom. The molecule has 4 nitrogen and oxygen atoms in total. The lowest BCUT2D eigenvalue weighted by atomic mass is 9.71. The molecular formula is C22H24BrNO3. The maximum Gasteiger partial charge on any atom is 0.220 e. The van der Waals surface area contributed by atoms with Crippen molar-refractivity contribution in [1.29, 1.82) is 0 Å². The summed E-state index contributed by atoms with van der Waals surface area (Å²) in [6, 6.07) is 15.3. The molecule has 0 saturated heterocycles. The van der Waals surface area contributed by atoms with Crippen LogP contribution in [-0.2, 0) is 10.3 Å². The van der Waals surface area contributed by atoms with Crippen LogP contribution in [0, 0.1) is 0 Å². The number of Topliss-reactive ketones (excluding diaryl/α,β-unsaturated/α-hetero) is 1. The summed E-state index contributed by atoms with van der Waals surface area (Å²) in [5, 5.41) is 3.24. The second-order valence-electron chi connectivity index (χ2n) is 7.03. The quantitative estimate of drug-likeness (QED) is 0.474. The molecule has 27 heavy (non-hydrogen) atoms. The largest absolute Gasteiger partial charge is 0.494 e. The minimum atomic E-state index is -0.218. The molecule has 0 unspecified atom stereocenters. The molecule has 3 rings (SSSR count). The molecule has 0 spiro atoms. The molecule has 1 N–H and O–H groups in total. The summed E-state index contributed by atoms with van der Waals surface area (Å²) in [7, 11) is 0. The van der Waals surface area contributed by atoms with Gasteiger partial charge in [-0.05, 0) is 74.6 Å². The van der Waals surface area contributed by atoms with E-state index in [0.717, 1.165) is 23.7 Å². The fourth-order valence-corrected chi connectivity index (χ4v) is 3.74. The Kier molecular flexibility index (Phi) is 6.32. The highest BCUT2D eigenvalue weighted by atomic mass is 79.9. The Morgan fingerprint density at radius 3 is 2.48 bits per heavy atom. The smallest absolute Gasteiger partial charge is 0.220 e. The normalized spacial score (nSPS) is 14.9. The summed E-state index contributed by atoms with van der Waals surface area (Å²) in [4.78, 5) is 23.7. The van der Waals surface area contributed by atoms with Crippen LogP contribution in [0.15, 0.2) is 53.0 Å². The van der Waals surface area contributed by atoms with Gasteiger partial charge in [-0.2, -0.15) is 0 Å². The van der Waals surface area contributed by atoms with Crippen molar-refractivity contribution in [3.05, 3.63) is 64.1 Å². The van der Waals surface area contributed by atoms with Gasteiger partial charge < -0.3 is 10.1 Å². The number of ketones is 1. The predicted molar refractivity (Wildman–Crippen MR) is 109 cm³/mol. The molecule has 0 atom stereocenters. The van der Waals surface area contributed by atoms with Gasteiger partial charge in [0.2, 0.25) is 5.91 Å². The fourth-order valence-electron chi connectivity index (χ4n) is 3.34. The van der Waals surface area contributed by atoms with E-state index >= 15 is 0 Å². The molecule has 142 valence electrons. The van der Waals surface area contributed by atoms with Crippen LogP contribution in [0.4, 0.5) is 0 Å². The van der Waals surface area contributed by atoms with Crippen molar-refractivity contribution >= 4 is 27.6 Å². The van der Waals surface area contributed by atoms with Gasteiger partial charge in [-0.1, -0.05) is 28.1 Å². The predicted octanol–water partition coefficient (Wildman–Crippen LogP) is 5.01. The summed E-state index contributed by atoms with van der Waals surface area (Å²) in [6.07, 6.45) is 4.17. The molecule has 5 heteroatoms. The number of halogens is 1. The number of ether oxygens (including phenoxy) is 1. The van der Waals surface area contributed by atoms with Crippen molar-refractivity contribution in [3.8, 4) is 5.75 Å². The second kappa shape index (κ2) is 8.70. The van der Waals surface area contributed by atoms with Crippen LogP contribution in [-0.4, -0.2) is 18.3 Å². The first-order chi connectivity index (χ1) is 13.0. The van der Waals surface area contributed by atoms with Gasteiger partial charge in [0.05, 0.1) is 12.1 Å². The zero-order chi connectivity index (χ0) is 19.3.